The molecule has 2 aromatic heterocycles. The van der Waals surface area contributed by atoms with E-state index < -0.39 is 59.4 Å². The van der Waals surface area contributed by atoms with Crippen LogP contribution in [0.25, 0.3) is 6.08 Å². The van der Waals surface area contributed by atoms with Crippen LogP contribution in [0.2, 0.25) is 0 Å². The van der Waals surface area contributed by atoms with Crippen LogP contribution in [-0.4, -0.2) is 33.8 Å². The lowest BCUT2D eigenvalue weighted by Gasteiger charge is -2.12. The Morgan fingerprint density at radius 3 is 2.79 bits per heavy atom. The van der Waals surface area contributed by atoms with Gasteiger partial charge in [0.25, 0.3) is 26.0 Å². The lowest BCUT2D eigenvalue weighted by Crippen LogP contribution is -2.21. The third-order valence-electron chi connectivity index (χ3n) is 4.35. The number of hydrogen-bond acceptors (Lipinski definition) is 9. The Bertz CT molecular complexity index is 1480. The second-order valence-electron chi connectivity index (χ2n) is 6.54. The number of carbonyl (C=O) groups excluding carboxylic acids is 2. The third kappa shape index (κ3) is 4.50. The van der Waals surface area contributed by atoms with Gasteiger partial charge in [-0.05, 0) is 23.6 Å². The molecule has 0 saturated heterocycles. The van der Waals surface area contributed by atoms with Crippen LogP contribution in [0.1, 0.15) is 21.6 Å². The standard InChI is InChI=1S/C18H13FN4O7S3/c19-17-11(3-4-14(24)20-9-10-5-6-30-21-10)12(22-33(28,29)15-2-1-7-31-15)8-13-16(17)18(25)23-32(13,26)27/h1-8,22H,9H2,(H,20,24)(H,23,25)/b4-3+. The van der Waals surface area contributed by atoms with Crippen LogP contribution in [0.5, 0.6) is 0 Å². The molecule has 1 aliphatic rings. The van der Waals surface area contributed by atoms with E-state index in [0.717, 1.165) is 29.6 Å². The van der Waals surface area contributed by atoms with E-state index in [9.17, 15) is 26.4 Å². The van der Waals surface area contributed by atoms with Crippen molar-refractivity contribution in [3.63, 3.8) is 0 Å². The lowest BCUT2D eigenvalue weighted by atomic mass is 10.1. The minimum Gasteiger partial charge on any atom is -0.364 e. The van der Waals surface area contributed by atoms with Crippen molar-refractivity contribution >= 4 is 55.0 Å². The topological polar surface area (TPSA) is 165 Å². The van der Waals surface area contributed by atoms with Gasteiger partial charge in [-0.3, -0.25) is 14.3 Å². The van der Waals surface area contributed by atoms with Crippen molar-refractivity contribution in [3.8, 4) is 0 Å². The second-order valence-corrected chi connectivity index (χ2v) is 11.0. The van der Waals surface area contributed by atoms with E-state index in [4.69, 9.17) is 0 Å². The molecule has 0 unspecified atom stereocenters. The summed E-state index contributed by atoms with van der Waals surface area (Å²) in [5.74, 6) is -3.21. The highest BCUT2D eigenvalue weighted by Gasteiger charge is 2.38. The highest BCUT2D eigenvalue weighted by Crippen LogP contribution is 2.34. The predicted octanol–water partition coefficient (Wildman–Crippen LogP) is 1.44. The molecular weight excluding hydrogens is 499 g/mol. The van der Waals surface area contributed by atoms with E-state index in [2.05, 4.69) is 19.7 Å². The maximum Gasteiger partial charge on any atom is 0.271 e. The van der Waals surface area contributed by atoms with Crippen LogP contribution < -0.4 is 14.8 Å². The highest BCUT2D eigenvalue weighted by molar-refractivity contribution is 7.94. The molecule has 172 valence electrons. The van der Waals surface area contributed by atoms with Gasteiger partial charge in [0.1, 0.15) is 26.9 Å². The number of carbonyl (C=O) groups is 2. The first-order valence-electron chi connectivity index (χ1n) is 8.93. The number of benzene rings is 1. The zero-order chi connectivity index (χ0) is 23.8. The molecule has 0 saturated carbocycles. The fourth-order valence-corrected chi connectivity index (χ4v) is 6.12. The number of thiophene rings is 1. The monoisotopic (exact) mass is 512 g/mol. The van der Waals surface area contributed by atoms with Gasteiger partial charge >= 0.3 is 0 Å². The number of hydrogen-bond donors (Lipinski definition) is 3. The number of amides is 2. The van der Waals surface area contributed by atoms with Crippen LogP contribution in [0.4, 0.5) is 10.1 Å². The molecule has 4 rings (SSSR count). The van der Waals surface area contributed by atoms with E-state index in [1.807, 2.05) is 0 Å². The molecule has 0 radical (unpaired) electrons. The van der Waals surface area contributed by atoms with Gasteiger partial charge in [-0.15, -0.1) is 11.3 Å². The number of nitrogens with zero attached hydrogens (tertiary/aromatic N) is 1. The Labute approximate surface area is 190 Å². The number of rotatable bonds is 7. The maximum atomic E-state index is 15.2. The average Bonchev–Trinajstić information content (AvgIpc) is 3.48. The first-order valence-corrected chi connectivity index (χ1v) is 12.8. The summed E-state index contributed by atoms with van der Waals surface area (Å²) in [5.41, 5.74) is -1.33. The largest absolute Gasteiger partial charge is 0.364 e. The normalized spacial score (nSPS) is 14.8. The van der Waals surface area contributed by atoms with Crippen molar-refractivity contribution in [3.05, 3.63) is 64.6 Å². The number of nitrogens with one attached hydrogen (secondary N) is 3. The maximum absolute atomic E-state index is 15.2. The molecule has 3 heterocycles. The van der Waals surface area contributed by atoms with Crippen molar-refractivity contribution in [2.24, 2.45) is 0 Å². The molecule has 1 aliphatic heterocycles. The summed E-state index contributed by atoms with van der Waals surface area (Å²) >= 11 is 0.884. The van der Waals surface area contributed by atoms with Crippen molar-refractivity contribution in [1.29, 1.82) is 0 Å². The number of halogens is 1. The van der Waals surface area contributed by atoms with Crippen LogP contribution in [0.15, 0.2) is 55.6 Å². The zero-order valence-electron chi connectivity index (χ0n) is 16.2. The summed E-state index contributed by atoms with van der Waals surface area (Å²) in [7, 11) is -8.59. The molecule has 11 nitrogen and oxygen atoms in total. The summed E-state index contributed by atoms with van der Waals surface area (Å²) in [6.07, 6.45) is 3.13. The minimum atomic E-state index is -4.38. The van der Waals surface area contributed by atoms with E-state index in [1.54, 1.807) is 4.72 Å². The predicted molar refractivity (Wildman–Crippen MR) is 114 cm³/mol. The SMILES string of the molecule is O=C(/C=C/c1c(NS(=O)(=O)c2cccs2)cc2c(c1F)C(=O)NS2(=O)=O)NCc1ccon1. The Kier molecular flexibility index (Phi) is 5.77. The van der Waals surface area contributed by atoms with Gasteiger partial charge in [-0.1, -0.05) is 11.2 Å². The number of aromatic nitrogens is 1. The molecule has 3 N–H and O–H groups in total. The summed E-state index contributed by atoms with van der Waals surface area (Å²) in [6, 6.07) is 5.12. The average molecular weight is 513 g/mol. The molecule has 0 bridgehead atoms. The lowest BCUT2D eigenvalue weighted by molar-refractivity contribution is -0.116. The van der Waals surface area contributed by atoms with Gasteiger partial charge in [0.15, 0.2) is 0 Å². The first kappa shape index (κ1) is 22.6. The fourth-order valence-electron chi connectivity index (χ4n) is 2.88. The van der Waals surface area contributed by atoms with Crippen LogP contribution in [0, 0.1) is 5.82 Å². The molecule has 2 amide bonds. The molecule has 0 aliphatic carbocycles. The molecule has 33 heavy (non-hydrogen) atoms. The van der Waals surface area contributed by atoms with E-state index in [1.165, 1.54) is 29.8 Å². The van der Waals surface area contributed by atoms with E-state index in [-0.39, 0.29) is 10.8 Å². The quantitative estimate of drug-likeness (QED) is 0.400. The van der Waals surface area contributed by atoms with E-state index >= 15 is 4.39 Å². The molecule has 1 aromatic carbocycles. The minimum absolute atomic E-state index is 0.00482. The highest BCUT2D eigenvalue weighted by atomic mass is 32.2. The molecule has 3 aromatic rings. The van der Waals surface area contributed by atoms with Crippen LogP contribution in [-0.2, 0) is 31.4 Å². The van der Waals surface area contributed by atoms with Gasteiger partial charge < -0.3 is 9.84 Å². The van der Waals surface area contributed by atoms with Crippen molar-refractivity contribution in [1.82, 2.24) is 15.2 Å². The summed E-state index contributed by atoms with van der Waals surface area (Å²) in [4.78, 5) is 23.4. The van der Waals surface area contributed by atoms with Gasteiger partial charge in [0.2, 0.25) is 5.91 Å². The fraction of sp³-hybridized carbons (Fsp3) is 0.0556. The number of fused-ring (bicyclic) bond motifs is 1. The van der Waals surface area contributed by atoms with Gasteiger partial charge in [0, 0.05) is 17.7 Å². The summed E-state index contributed by atoms with van der Waals surface area (Å²) in [6.45, 7) is 0.00482. The summed E-state index contributed by atoms with van der Waals surface area (Å²) in [5, 5.41) is 7.57. The number of anilines is 1. The first-order chi connectivity index (χ1) is 15.6. The molecular formula is C18H13FN4O7S3. The van der Waals surface area contributed by atoms with Crippen LogP contribution >= 0.6 is 11.3 Å². The zero-order valence-corrected chi connectivity index (χ0v) is 18.7. The van der Waals surface area contributed by atoms with Crippen molar-refractivity contribution in [2.45, 2.75) is 15.6 Å². The van der Waals surface area contributed by atoms with E-state index in [0.29, 0.717) is 5.69 Å². The van der Waals surface area contributed by atoms with Crippen molar-refractivity contribution in [2.75, 3.05) is 4.72 Å². The second kappa shape index (κ2) is 8.42. The van der Waals surface area contributed by atoms with Gasteiger partial charge in [-0.2, -0.15) is 0 Å². The van der Waals surface area contributed by atoms with Crippen LogP contribution in [0.3, 0.4) is 0 Å². The van der Waals surface area contributed by atoms with Crippen molar-refractivity contribution < 1.29 is 35.3 Å². The molecule has 0 atom stereocenters. The summed E-state index contributed by atoms with van der Waals surface area (Å²) < 4.78 is 73.2. The van der Waals surface area contributed by atoms with Gasteiger partial charge in [0.05, 0.1) is 17.8 Å². The third-order valence-corrected chi connectivity index (χ3v) is 8.47. The molecule has 0 spiro atoms. The smallest absolute Gasteiger partial charge is 0.271 e. The molecule has 15 heteroatoms. The number of sulfonamides is 2. The Balaban J connectivity index is 1.73. The Morgan fingerprint density at radius 1 is 1.33 bits per heavy atom. The van der Waals surface area contributed by atoms with Gasteiger partial charge in [-0.25, -0.2) is 25.9 Å². The Hall–Kier alpha value is -3.56. The molecule has 0 fully saturated rings. The Morgan fingerprint density at radius 2 is 2.12 bits per heavy atom.